The first-order valence-corrected chi connectivity index (χ1v) is 31.8. The minimum absolute atomic E-state index is 1.14. The molecular formula is C65H118S. The van der Waals surface area contributed by atoms with Crippen LogP contribution in [0, 0.1) is 0 Å². The molecule has 0 saturated heterocycles. The Morgan fingerprint density at radius 2 is 0.470 bits per heavy atom. The zero-order valence-electron chi connectivity index (χ0n) is 45.6. The van der Waals surface area contributed by atoms with E-state index in [2.05, 4.69) is 62.4 Å². The van der Waals surface area contributed by atoms with Gasteiger partial charge in [-0.2, -0.15) is 0 Å². The van der Waals surface area contributed by atoms with Gasteiger partial charge in [-0.15, -0.1) is 11.3 Å². The van der Waals surface area contributed by atoms with Crippen molar-refractivity contribution in [2.75, 3.05) is 0 Å². The molecule has 1 heteroatoms. The van der Waals surface area contributed by atoms with Crippen molar-refractivity contribution in [2.24, 2.45) is 0 Å². The van der Waals surface area contributed by atoms with Crippen LogP contribution in [-0.4, -0.2) is 0 Å². The van der Waals surface area contributed by atoms with Crippen molar-refractivity contribution in [3.05, 3.63) is 56.8 Å². The Labute approximate surface area is 420 Å². The number of unbranched alkanes of at least 4 members (excludes halogenated alkanes) is 45. The lowest BCUT2D eigenvalue weighted by Gasteiger charge is -2.11. The molecule has 0 bridgehead atoms. The Bertz CT molecular complexity index is 1220. The first kappa shape index (κ1) is 61.0. The lowest BCUT2D eigenvalue weighted by atomic mass is 9.93. The van der Waals surface area contributed by atoms with Crippen LogP contribution >= 0.6 is 11.3 Å². The van der Waals surface area contributed by atoms with E-state index in [9.17, 15) is 0 Å². The quantitative estimate of drug-likeness (QED) is 0.0580. The van der Waals surface area contributed by atoms with Gasteiger partial charge in [-0.05, 0) is 55.2 Å². The standard InChI is InChI=1S/C65H118S/c1-4-7-10-13-16-19-22-25-28-31-34-37-40-43-46-52-57-62-63(58-53-47-44-41-38-35-32-29-26-23-20-17-14-11-8-5-2)65(60-61-55-50-49-51-56-61)66-64(62)59-54-48-45-42-39-36-33-30-27-24-21-18-15-12-9-6-3/h49-51,55-56H,4-48,52-54,57-60H2,1-3H3. The Morgan fingerprint density at radius 1 is 0.242 bits per heavy atom. The van der Waals surface area contributed by atoms with Gasteiger partial charge in [0.15, 0.2) is 0 Å². The van der Waals surface area contributed by atoms with Gasteiger partial charge in [0.05, 0.1) is 0 Å². The number of hydrogen-bond acceptors (Lipinski definition) is 1. The molecule has 0 aliphatic rings. The van der Waals surface area contributed by atoms with E-state index in [4.69, 9.17) is 0 Å². The molecule has 384 valence electrons. The lowest BCUT2D eigenvalue weighted by molar-refractivity contribution is 0.528. The van der Waals surface area contributed by atoms with E-state index in [1.807, 2.05) is 11.1 Å². The number of aryl methyl sites for hydroxylation is 1. The van der Waals surface area contributed by atoms with E-state index in [-0.39, 0.29) is 0 Å². The molecule has 0 spiro atoms. The van der Waals surface area contributed by atoms with Crippen LogP contribution < -0.4 is 0 Å². The molecule has 2 rings (SSSR count). The van der Waals surface area contributed by atoms with Crippen LogP contribution in [0.1, 0.15) is 355 Å². The zero-order chi connectivity index (χ0) is 46.9. The maximum atomic E-state index is 2.38. The molecular weight excluding hydrogens is 813 g/mol. The molecule has 0 nitrogen and oxygen atoms in total. The summed E-state index contributed by atoms with van der Waals surface area (Å²) >= 11 is 2.25. The van der Waals surface area contributed by atoms with E-state index >= 15 is 0 Å². The van der Waals surface area contributed by atoms with Gasteiger partial charge >= 0.3 is 0 Å². The first-order valence-electron chi connectivity index (χ1n) is 31.0. The van der Waals surface area contributed by atoms with E-state index in [1.165, 1.54) is 333 Å². The van der Waals surface area contributed by atoms with E-state index in [0.717, 1.165) is 6.42 Å². The van der Waals surface area contributed by atoms with Crippen molar-refractivity contribution >= 4 is 11.3 Å². The summed E-state index contributed by atoms with van der Waals surface area (Å²) in [5.74, 6) is 0. The van der Waals surface area contributed by atoms with E-state index < -0.39 is 0 Å². The summed E-state index contributed by atoms with van der Waals surface area (Å²) in [5, 5.41) is 0. The van der Waals surface area contributed by atoms with Crippen LogP contribution in [0.5, 0.6) is 0 Å². The Morgan fingerprint density at radius 3 is 0.742 bits per heavy atom. The van der Waals surface area contributed by atoms with Crippen LogP contribution in [-0.2, 0) is 25.7 Å². The van der Waals surface area contributed by atoms with Gasteiger partial charge in [0.1, 0.15) is 0 Å². The van der Waals surface area contributed by atoms with Gasteiger partial charge in [-0.1, -0.05) is 340 Å². The smallest absolute Gasteiger partial charge is 0.0127 e. The van der Waals surface area contributed by atoms with Crippen molar-refractivity contribution in [1.29, 1.82) is 0 Å². The zero-order valence-corrected chi connectivity index (χ0v) is 46.4. The fraction of sp³-hybridized carbons (Fsp3) is 0.846. The van der Waals surface area contributed by atoms with Crippen LogP contribution in [0.25, 0.3) is 0 Å². The van der Waals surface area contributed by atoms with Gasteiger partial charge in [0, 0.05) is 16.2 Å². The van der Waals surface area contributed by atoms with Crippen LogP contribution in [0.3, 0.4) is 0 Å². The third kappa shape index (κ3) is 36.8. The van der Waals surface area contributed by atoms with Crippen molar-refractivity contribution < 1.29 is 0 Å². The second-order valence-electron chi connectivity index (χ2n) is 21.7. The lowest BCUT2D eigenvalue weighted by Crippen LogP contribution is -1.99. The van der Waals surface area contributed by atoms with E-state index in [1.54, 1.807) is 9.75 Å². The molecule has 66 heavy (non-hydrogen) atoms. The molecule has 1 aromatic heterocycles. The summed E-state index contributed by atoms with van der Waals surface area (Å²) in [6.07, 6.45) is 74.8. The van der Waals surface area contributed by atoms with E-state index in [0.29, 0.717) is 0 Å². The maximum Gasteiger partial charge on any atom is 0.0127 e. The maximum absolute atomic E-state index is 2.38. The molecule has 2 aromatic rings. The third-order valence-corrected chi connectivity index (χ3v) is 16.6. The highest BCUT2D eigenvalue weighted by Gasteiger charge is 2.18. The van der Waals surface area contributed by atoms with Gasteiger partial charge in [0.25, 0.3) is 0 Å². The Balaban J connectivity index is 1.80. The van der Waals surface area contributed by atoms with Gasteiger partial charge in [0.2, 0.25) is 0 Å². The molecule has 0 amide bonds. The number of thiophene rings is 1. The molecule has 0 aliphatic heterocycles. The summed E-state index contributed by atoms with van der Waals surface area (Å²) in [7, 11) is 0. The first-order chi connectivity index (χ1) is 32.8. The summed E-state index contributed by atoms with van der Waals surface area (Å²) in [4.78, 5) is 3.51. The predicted molar refractivity (Wildman–Crippen MR) is 303 cm³/mol. The molecule has 0 saturated carbocycles. The fourth-order valence-electron chi connectivity index (χ4n) is 10.8. The Kier molecular flexibility index (Phi) is 45.2. The molecule has 0 aliphatic carbocycles. The monoisotopic (exact) mass is 931 g/mol. The Hall–Kier alpha value is -1.08. The van der Waals surface area contributed by atoms with Crippen molar-refractivity contribution in [2.45, 2.75) is 355 Å². The highest BCUT2D eigenvalue weighted by Crippen LogP contribution is 2.35. The van der Waals surface area contributed by atoms with Gasteiger partial charge in [-0.25, -0.2) is 0 Å². The minimum atomic E-state index is 1.14. The SMILES string of the molecule is CCCCCCCCCCCCCCCCCCc1sc(Cc2ccccc2)c(CCCCCCCCCCCCCCCCCC)c1CCCCCCCCCCCCCCCCCC. The molecule has 0 unspecified atom stereocenters. The topological polar surface area (TPSA) is 0 Å². The van der Waals surface area contributed by atoms with Crippen molar-refractivity contribution in [3.63, 3.8) is 0 Å². The van der Waals surface area contributed by atoms with Gasteiger partial charge in [-0.3, -0.25) is 0 Å². The summed E-state index contributed by atoms with van der Waals surface area (Å²) in [6.45, 7) is 6.97. The van der Waals surface area contributed by atoms with Crippen LogP contribution in [0.4, 0.5) is 0 Å². The number of benzene rings is 1. The molecule has 1 heterocycles. The normalized spacial score (nSPS) is 11.7. The highest BCUT2D eigenvalue weighted by atomic mass is 32.1. The summed E-state index contributed by atoms with van der Waals surface area (Å²) in [6, 6.07) is 11.5. The average molecular weight is 932 g/mol. The van der Waals surface area contributed by atoms with Crippen LogP contribution in [0.15, 0.2) is 30.3 Å². The molecule has 0 radical (unpaired) electrons. The fourth-order valence-corrected chi connectivity index (χ4v) is 12.3. The van der Waals surface area contributed by atoms with Crippen molar-refractivity contribution in [3.8, 4) is 0 Å². The molecule has 0 fully saturated rings. The van der Waals surface area contributed by atoms with Crippen LogP contribution in [0.2, 0.25) is 0 Å². The van der Waals surface area contributed by atoms with Gasteiger partial charge < -0.3 is 0 Å². The average Bonchev–Trinajstić information content (AvgIpc) is 3.65. The van der Waals surface area contributed by atoms with Crippen molar-refractivity contribution in [1.82, 2.24) is 0 Å². The second kappa shape index (κ2) is 48.9. The highest BCUT2D eigenvalue weighted by molar-refractivity contribution is 7.12. The third-order valence-electron chi connectivity index (χ3n) is 15.3. The largest absolute Gasteiger partial charge is 0.144 e. The number of rotatable bonds is 53. The summed E-state index contributed by atoms with van der Waals surface area (Å²) in [5.41, 5.74) is 5.15. The second-order valence-corrected chi connectivity index (χ2v) is 22.9. The molecule has 0 atom stereocenters. The minimum Gasteiger partial charge on any atom is -0.144 e. The summed E-state index contributed by atoms with van der Waals surface area (Å²) < 4.78 is 0. The number of hydrogen-bond donors (Lipinski definition) is 0. The predicted octanol–water partition coefficient (Wildman–Crippen LogP) is 23.8. The molecule has 0 N–H and O–H groups in total. The molecule has 1 aromatic carbocycles.